The molecule has 1 radical (unpaired) electrons. The number of hydrogen-bond donors (Lipinski definition) is 1. The molecule has 65 valence electrons. The third kappa shape index (κ3) is 1.94. The van der Waals surface area contributed by atoms with Crippen molar-refractivity contribution in [3.63, 3.8) is 0 Å². The first-order chi connectivity index (χ1) is 5.15. The second-order valence-corrected chi connectivity index (χ2v) is 3.47. The van der Waals surface area contributed by atoms with Crippen molar-refractivity contribution in [1.82, 2.24) is 0 Å². The van der Waals surface area contributed by atoms with Crippen LogP contribution in [0.5, 0.6) is 0 Å². The molecule has 0 bridgehead atoms. The van der Waals surface area contributed by atoms with Crippen LogP contribution in [0.4, 0.5) is 0 Å². The van der Waals surface area contributed by atoms with Crippen LogP contribution in [-0.4, -0.2) is 23.9 Å². The number of ether oxygens (including phenoxy) is 1. The molecule has 0 aromatic rings. The molecule has 0 aromatic carbocycles. The third-order valence-corrected chi connectivity index (χ3v) is 2.50. The molecular weight excluding hydrogens is 140 g/mol. The Morgan fingerprint density at radius 1 is 1.27 bits per heavy atom. The van der Waals surface area contributed by atoms with Crippen LogP contribution in [0.1, 0.15) is 20.8 Å². The second-order valence-electron chi connectivity index (χ2n) is 3.47. The summed E-state index contributed by atoms with van der Waals surface area (Å²) in [7, 11) is 0. The van der Waals surface area contributed by atoms with Crippen molar-refractivity contribution in [2.75, 3.05) is 6.61 Å². The van der Waals surface area contributed by atoms with Gasteiger partial charge in [-0.3, -0.25) is 0 Å². The maximum absolute atomic E-state index is 8.92. The molecule has 2 heteroatoms. The van der Waals surface area contributed by atoms with Crippen LogP contribution in [0.25, 0.3) is 0 Å². The molecule has 4 atom stereocenters. The van der Waals surface area contributed by atoms with Gasteiger partial charge in [0.1, 0.15) is 0 Å². The van der Waals surface area contributed by atoms with Gasteiger partial charge >= 0.3 is 0 Å². The van der Waals surface area contributed by atoms with E-state index in [1.165, 1.54) is 0 Å². The van der Waals surface area contributed by atoms with Gasteiger partial charge in [0, 0.05) is 0 Å². The predicted molar refractivity (Wildman–Crippen MR) is 44.0 cm³/mol. The smallest absolute Gasteiger partial charge is 0.0837 e. The van der Waals surface area contributed by atoms with E-state index in [9.17, 15) is 0 Å². The van der Waals surface area contributed by atoms with E-state index in [-0.39, 0.29) is 18.8 Å². The first kappa shape index (κ1) is 9.01. The maximum atomic E-state index is 8.92. The van der Waals surface area contributed by atoms with Crippen molar-refractivity contribution in [2.45, 2.75) is 33.0 Å². The van der Waals surface area contributed by atoms with E-state index < -0.39 is 0 Å². The minimum absolute atomic E-state index is 0.0150. The molecule has 0 aliphatic carbocycles. The average Bonchev–Trinajstić information content (AvgIpc) is 1.97. The molecule has 0 amide bonds. The largest absolute Gasteiger partial charge is 0.394 e. The van der Waals surface area contributed by atoms with Gasteiger partial charge in [0.05, 0.1) is 18.8 Å². The lowest BCUT2D eigenvalue weighted by Gasteiger charge is -2.36. The molecule has 0 aromatic heterocycles. The van der Waals surface area contributed by atoms with Crippen molar-refractivity contribution < 1.29 is 9.84 Å². The highest BCUT2D eigenvalue weighted by molar-refractivity contribution is 4.91. The summed E-state index contributed by atoms with van der Waals surface area (Å²) in [6.45, 7) is 6.42. The highest BCUT2D eigenvalue weighted by atomic mass is 16.5. The second kappa shape index (κ2) is 3.55. The van der Waals surface area contributed by atoms with E-state index in [4.69, 9.17) is 9.84 Å². The van der Waals surface area contributed by atoms with Crippen LogP contribution in [0.3, 0.4) is 0 Å². The lowest BCUT2D eigenvalue weighted by atomic mass is 9.87. The quantitative estimate of drug-likeness (QED) is 0.620. The number of aliphatic hydroxyl groups is 1. The van der Waals surface area contributed by atoms with Crippen LogP contribution < -0.4 is 0 Å². The summed E-state index contributed by atoms with van der Waals surface area (Å²) < 4.78 is 5.58. The first-order valence-corrected chi connectivity index (χ1v) is 4.26. The zero-order valence-corrected chi connectivity index (χ0v) is 7.45. The van der Waals surface area contributed by atoms with E-state index in [1.807, 2.05) is 0 Å². The van der Waals surface area contributed by atoms with Gasteiger partial charge < -0.3 is 9.84 Å². The van der Waals surface area contributed by atoms with E-state index in [0.29, 0.717) is 11.8 Å². The first-order valence-electron chi connectivity index (χ1n) is 4.26. The summed E-state index contributed by atoms with van der Waals surface area (Å²) in [6, 6.07) is 0. The van der Waals surface area contributed by atoms with E-state index >= 15 is 0 Å². The van der Waals surface area contributed by atoms with Gasteiger partial charge in [0.15, 0.2) is 0 Å². The summed E-state index contributed by atoms with van der Waals surface area (Å²) in [5, 5.41) is 8.92. The lowest BCUT2D eigenvalue weighted by Crippen LogP contribution is -2.39. The van der Waals surface area contributed by atoms with Crippen LogP contribution >= 0.6 is 0 Å². The SMILES string of the molecule is CC1[CH][C@H](C)C(CO)O[C@H]1C. The van der Waals surface area contributed by atoms with Gasteiger partial charge in [-0.25, -0.2) is 0 Å². The van der Waals surface area contributed by atoms with Crippen LogP contribution in [0, 0.1) is 18.3 Å². The normalized spacial score (nSPS) is 45.8. The Balaban J connectivity index is 2.48. The number of rotatable bonds is 1. The molecule has 1 rings (SSSR count). The summed E-state index contributed by atoms with van der Waals surface area (Å²) >= 11 is 0. The van der Waals surface area contributed by atoms with E-state index in [2.05, 4.69) is 27.2 Å². The molecule has 1 heterocycles. The zero-order valence-electron chi connectivity index (χ0n) is 7.45. The molecule has 11 heavy (non-hydrogen) atoms. The van der Waals surface area contributed by atoms with Crippen LogP contribution in [-0.2, 0) is 4.74 Å². The molecular formula is C9H17O2. The van der Waals surface area contributed by atoms with Gasteiger partial charge in [-0.1, -0.05) is 13.8 Å². The predicted octanol–water partition coefficient (Wildman–Crippen LogP) is 1.24. The summed E-state index contributed by atoms with van der Waals surface area (Å²) in [5.41, 5.74) is 0. The highest BCUT2D eigenvalue weighted by Gasteiger charge is 2.30. The van der Waals surface area contributed by atoms with Crippen molar-refractivity contribution in [3.8, 4) is 0 Å². The molecule has 0 spiro atoms. The van der Waals surface area contributed by atoms with Gasteiger partial charge in [0.2, 0.25) is 0 Å². The van der Waals surface area contributed by atoms with Crippen molar-refractivity contribution in [1.29, 1.82) is 0 Å². The summed E-state index contributed by atoms with van der Waals surface area (Å²) in [5.74, 6) is 0.888. The number of aliphatic hydroxyl groups excluding tert-OH is 1. The lowest BCUT2D eigenvalue weighted by molar-refractivity contribution is -0.0933. The van der Waals surface area contributed by atoms with Gasteiger partial charge in [-0.15, -0.1) is 0 Å². The molecule has 2 unspecified atom stereocenters. The monoisotopic (exact) mass is 157 g/mol. The molecule has 2 nitrogen and oxygen atoms in total. The minimum atomic E-state index is 0.0150. The van der Waals surface area contributed by atoms with E-state index in [0.717, 1.165) is 0 Å². The van der Waals surface area contributed by atoms with Crippen LogP contribution in [0.2, 0.25) is 0 Å². The molecule has 0 saturated carbocycles. The Labute approximate surface area is 68.6 Å². The van der Waals surface area contributed by atoms with Crippen molar-refractivity contribution in [3.05, 3.63) is 6.42 Å². The molecule has 1 fully saturated rings. The van der Waals surface area contributed by atoms with Gasteiger partial charge in [-0.2, -0.15) is 0 Å². The topological polar surface area (TPSA) is 29.5 Å². The van der Waals surface area contributed by atoms with E-state index in [1.54, 1.807) is 0 Å². The van der Waals surface area contributed by atoms with Gasteiger partial charge in [0.25, 0.3) is 0 Å². The fourth-order valence-electron chi connectivity index (χ4n) is 1.49. The Morgan fingerprint density at radius 2 is 1.91 bits per heavy atom. The fourth-order valence-corrected chi connectivity index (χ4v) is 1.49. The summed E-state index contributed by atoms with van der Waals surface area (Å²) in [4.78, 5) is 0. The number of hydrogen-bond acceptors (Lipinski definition) is 2. The summed E-state index contributed by atoms with van der Waals surface area (Å²) in [6.07, 6.45) is 2.53. The standard InChI is InChI=1S/C9H17O2/c1-6-4-7(2)9(5-10)11-8(6)3/h4,6-10H,5H2,1-3H3/t6?,7-,8-,9?/m0/s1. The van der Waals surface area contributed by atoms with Crippen molar-refractivity contribution >= 4 is 0 Å². The maximum Gasteiger partial charge on any atom is 0.0837 e. The fraction of sp³-hybridized carbons (Fsp3) is 0.889. The molecule has 1 aliphatic rings. The zero-order chi connectivity index (χ0) is 8.43. The Bertz CT molecular complexity index is 125. The minimum Gasteiger partial charge on any atom is -0.394 e. The molecule has 1 saturated heterocycles. The average molecular weight is 157 g/mol. The Kier molecular flexibility index (Phi) is 2.90. The molecule has 1 aliphatic heterocycles. The van der Waals surface area contributed by atoms with Gasteiger partial charge in [-0.05, 0) is 25.2 Å². The van der Waals surface area contributed by atoms with Crippen LogP contribution in [0.15, 0.2) is 0 Å². The molecule has 1 N–H and O–H groups in total. The van der Waals surface area contributed by atoms with Crippen molar-refractivity contribution in [2.24, 2.45) is 11.8 Å². The highest BCUT2D eigenvalue weighted by Crippen LogP contribution is 2.27. The third-order valence-electron chi connectivity index (χ3n) is 2.50. The Hall–Kier alpha value is -0.0800. The Morgan fingerprint density at radius 3 is 2.45 bits per heavy atom.